The Morgan fingerprint density at radius 2 is 1.55 bits per heavy atom. The van der Waals surface area contributed by atoms with Gasteiger partial charge in [-0.3, -0.25) is 14.4 Å². The van der Waals surface area contributed by atoms with E-state index in [2.05, 4.69) is 21.9 Å². The highest BCUT2D eigenvalue weighted by Crippen LogP contribution is 2.40. The van der Waals surface area contributed by atoms with Gasteiger partial charge in [-0.15, -0.1) is 0 Å². The van der Waals surface area contributed by atoms with Gasteiger partial charge < -0.3 is 24.2 Å². The number of rotatable bonds is 4. The quantitative estimate of drug-likeness (QED) is 0.468. The molecule has 0 radical (unpaired) electrons. The van der Waals surface area contributed by atoms with E-state index in [1.54, 1.807) is 24.3 Å². The lowest BCUT2D eigenvalue weighted by molar-refractivity contribution is -0.136. The summed E-state index contributed by atoms with van der Waals surface area (Å²) in [4.78, 5) is 48.3. The first-order valence-electron chi connectivity index (χ1n) is 13.8. The van der Waals surface area contributed by atoms with Gasteiger partial charge in [-0.2, -0.15) is 0 Å². The smallest absolute Gasteiger partial charge is 0.268 e. The molecule has 2 saturated heterocycles. The third-order valence-corrected chi connectivity index (χ3v) is 8.33. The van der Waals surface area contributed by atoms with Crippen LogP contribution in [0.2, 0.25) is 0 Å². The van der Waals surface area contributed by atoms with Gasteiger partial charge in [0, 0.05) is 51.0 Å². The number of amides is 3. The minimum Gasteiger partial charge on any atom is -0.454 e. The molecule has 0 aromatic heterocycles. The fraction of sp³-hybridized carbons (Fsp3) is 0.323. The van der Waals surface area contributed by atoms with Gasteiger partial charge in [-0.05, 0) is 49.2 Å². The SMILES string of the molecule is O=C(C1CCCN(c2cccc3c2C(=O)N(c2ccc4c(c2)OCO4)C3=O)C1)N1CCN(c2ccccc2)CC1. The first-order valence-corrected chi connectivity index (χ1v) is 13.8. The molecule has 9 heteroatoms. The van der Waals surface area contributed by atoms with Crippen molar-refractivity contribution in [3.05, 3.63) is 77.9 Å². The lowest BCUT2D eigenvalue weighted by Crippen LogP contribution is -2.52. The minimum absolute atomic E-state index is 0.114. The van der Waals surface area contributed by atoms with Gasteiger partial charge in [0.25, 0.3) is 11.8 Å². The number of piperazine rings is 1. The molecular weight excluding hydrogens is 508 g/mol. The molecule has 0 aliphatic carbocycles. The van der Waals surface area contributed by atoms with Crippen LogP contribution < -0.4 is 24.2 Å². The topological polar surface area (TPSA) is 82.6 Å². The van der Waals surface area contributed by atoms with Crippen LogP contribution in [0.5, 0.6) is 11.5 Å². The molecular formula is C31H30N4O5. The Balaban J connectivity index is 1.08. The summed E-state index contributed by atoms with van der Waals surface area (Å²) in [6.07, 6.45) is 1.66. The Kier molecular flexibility index (Phi) is 6.06. The summed E-state index contributed by atoms with van der Waals surface area (Å²) >= 11 is 0. The zero-order chi connectivity index (χ0) is 27.2. The van der Waals surface area contributed by atoms with Crippen LogP contribution in [0, 0.1) is 5.92 Å². The van der Waals surface area contributed by atoms with Crippen molar-refractivity contribution in [2.24, 2.45) is 5.92 Å². The summed E-state index contributed by atoms with van der Waals surface area (Å²) in [5.41, 5.74) is 3.12. The molecule has 7 rings (SSSR count). The maximum atomic E-state index is 13.7. The predicted octanol–water partition coefficient (Wildman–Crippen LogP) is 3.78. The van der Waals surface area contributed by atoms with E-state index in [1.165, 1.54) is 10.6 Å². The van der Waals surface area contributed by atoms with Crippen molar-refractivity contribution in [3.8, 4) is 11.5 Å². The number of para-hydroxylation sites is 1. The van der Waals surface area contributed by atoms with E-state index in [0.29, 0.717) is 53.6 Å². The Hall–Kier alpha value is -4.53. The number of carbonyl (C=O) groups is 3. The maximum Gasteiger partial charge on any atom is 0.268 e. The second-order valence-electron chi connectivity index (χ2n) is 10.6. The maximum absolute atomic E-state index is 13.7. The van der Waals surface area contributed by atoms with Crippen molar-refractivity contribution in [1.29, 1.82) is 0 Å². The second-order valence-corrected chi connectivity index (χ2v) is 10.6. The van der Waals surface area contributed by atoms with Crippen LogP contribution in [-0.2, 0) is 4.79 Å². The second kappa shape index (κ2) is 9.89. The highest BCUT2D eigenvalue weighted by atomic mass is 16.7. The van der Waals surface area contributed by atoms with E-state index < -0.39 is 0 Å². The first-order chi connectivity index (χ1) is 19.6. The summed E-state index contributed by atoms with van der Waals surface area (Å²) in [5.74, 6) is 0.406. The third kappa shape index (κ3) is 4.13. The highest BCUT2D eigenvalue weighted by molar-refractivity contribution is 6.36. The molecule has 1 unspecified atom stereocenters. The van der Waals surface area contributed by atoms with Crippen molar-refractivity contribution >= 4 is 34.8 Å². The van der Waals surface area contributed by atoms with Gasteiger partial charge in [0.1, 0.15) is 0 Å². The van der Waals surface area contributed by atoms with Crippen LogP contribution in [0.25, 0.3) is 0 Å². The van der Waals surface area contributed by atoms with Crippen LogP contribution in [-0.4, -0.2) is 68.7 Å². The number of hydrogen-bond acceptors (Lipinski definition) is 7. The fourth-order valence-corrected chi connectivity index (χ4v) is 6.27. The van der Waals surface area contributed by atoms with Gasteiger partial charge in [0.05, 0.1) is 28.4 Å². The molecule has 204 valence electrons. The number of carbonyl (C=O) groups excluding carboxylic acids is 3. The standard InChI is InChI=1S/C31H30N4O5/c36-29(33-16-14-32(15-17-33)22-7-2-1-3-8-22)21-6-5-13-34(19-21)25-10-4-9-24-28(25)31(38)35(30(24)37)23-11-12-26-27(18-23)40-20-39-26/h1-4,7-12,18,21H,5-6,13-17,19-20H2. The van der Waals surface area contributed by atoms with Crippen molar-refractivity contribution in [2.45, 2.75) is 12.8 Å². The summed E-state index contributed by atoms with van der Waals surface area (Å²) in [5, 5.41) is 0. The van der Waals surface area contributed by atoms with Crippen LogP contribution in [0.3, 0.4) is 0 Å². The third-order valence-electron chi connectivity index (χ3n) is 8.33. The molecule has 2 fully saturated rings. The Morgan fingerprint density at radius 3 is 2.38 bits per heavy atom. The van der Waals surface area contributed by atoms with Crippen molar-refractivity contribution in [1.82, 2.24) is 4.90 Å². The minimum atomic E-state index is -0.361. The van der Waals surface area contributed by atoms with E-state index in [9.17, 15) is 14.4 Å². The number of fused-ring (bicyclic) bond motifs is 2. The van der Waals surface area contributed by atoms with Gasteiger partial charge in [0.2, 0.25) is 12.7 Å². The van der Waals surface area contributed by atoms with E-state index in [1.807, 2.05) is 35.2 Å². The Bertz CT molecular complexity index is 1480. The van der Waals surface area contributed by atoms with Gasteiger partial charge in [0.15, 0.2) is 11.5 Å². The van der Waals surface area contributed by atoms with Crippen LogP contribution in [0.15, 0.2) is 66.7 Å². The highest BCUT2D eigenvalue weighted by Gasteiger charge is 2.41. The largest absolute Gasteiger partial charge is 0.454 e. The number of piperidine rings is 1. The Morgan fingerprint density at radius 1 is 0.750 bits per heavy atom. The number of ether oxygens (including phenoxy) is 2. The lowest BCUT2D eigenvalue weighted by atomic mass is 9.94. The molecule has 3 aromatic carbocycles. The van der Waals surface area contributed by atoms with Gasteiger partial charge >= 0.3 is 0 Å². The van der Waals surface area contributed by atoms with E-state index in [-0.39, 0.29) is 30.4 Å². The van der Waals surface area contributed by atoms with Crippen LogP contribution in [0.1, 0.15) is 33.6 Å². The Labute approximate surface area is 232 Å². The van der Waals surface area contributed by atoms with Crippen molar-refractivity contribution < 1.29 is 23.9 Å². The van der Waals surface area contributed by atoms with Crippen molar-refractivity contribution in [2.75, 3.05) is 60.8 Å². The van der Waals surface area contributed by atoms with E-state index >= 15 is 0 Å². The number of anilines is 3. The molecule has 0 bridgehead atoms. The molecule has 0 saturated carbocycles. The summed E-state index contributed by atoms with van der Waals surface area (Å²) in [6, 6.07) is 20.8. The molecule has 3 amide bonds. The zero-order valence-corrected chi connectivity index (χ0v) is 22.1. The molecule has 9 nitrogen and oxygen atoms in total. The fourth-order valence-electron chi connectivity index (χ4n) is 6.27. The monoisotopic (exact) mass is 538 g/mol. The predicted molar refractivity (Wildman–Crippen MR) is 150 cm³/mol. The molecule has 4 aliphatic heterocycles. The molecule has 1 atom stereocenters. The molecule has 40 heavy (non-hydrogen) atoms. The summed E-state index contributed by atoms with van der Waals surface area (Å²) in [7, 11) is 0. The molecule has 4 heterocycles. The van der Waals surface area contributed by atoms with Gasteiger partial charge in [-0.25, -0.2) is 4.90 Å². The number of hydrogen-bond donors (Lipinski definition) is 0. The van der Waals surface area contributed by atoms with Crippen LogP contribution >= 0.6 is 0 Å². The number of imide groups is 1. The number of benzene rings is 3. The van der Waals surface area contributed by atoms with E-state index in [4.69, 9.17) is 9.47 Å². The van der Waals surface area contributed by atoms with Gasteiger partial charge in [-0.1, -0.05) is 24.3 Å². The average Bonchev–Trinajstić information content (AvgIpc) is 3.58. The normalized spacial score (nSPS) is 20.2. The lowest BCUT2D eigenvalue weighted by Gasteiger charge is -2.40. The summed E-state index contributed by atoms with van der Waals surface area (Å²) in [6.45, 7) is 4.38. The average molecular weight is 539 g/mol. The van der Waals surface area contributed by atoms with Crippen molar-refractivity contribution in [3.63, 3.8) is 0 Å². The van der Waals surface area contributed by atoms with Crippen LogP contribution in [0.4, 0.5) is 17.1 Å². The molecule has 4 aliphatic rings. The molecule has 3 aromatic rings. The molecule has 0 N–H and O–H groups in total. The summed E-state index contributed by atoms with van der Waals surface area (Å²) < 4.78 is 10.8. The zero-order valence-electron chi connectivity index (χ0n) is 22.1. The first kappa shape index (κ1) is 24.5. The molecule has 0 spiro atoms. The number of nitrogens with zero attached hydrogens (tertiary/aromatic N) is 4. The van der Waals surface area contributed by atoms with E-state index in [0.717, 1.165) is 32.5 Å².